The van der Waals surface area contributed by atoms with Gasteiger partial charge in [-0.15, -0.1) is 0 Å². The number of amides is 1. The van der Waals surface area contributed by atoms with E-state index in [1.54, 1.807) is 13.8 Å². The summed E-state index contributed by atoms with van der Waals surface area (Å²) in [6.45, 7) is 4.99. The van der Waals surface area contributed by atoms with Gasteiger partial charge in [0.25, 0.3) is 5.91 Å². The number of hydrogen-bond donors (Lipinski definition) is 3. The van der Waals surface area contributed by atoms with Crippen LogP contribution in [-0.2, 0) is 9.53 Å². The summed E-state index contributed by atoms with van der Waals surface area (Å²) in [7, 11) is 0. The van der Waals surface area contributed by atoms with Crippen molar-refractivity contribution in [1.82, 2.24) is 10.3 Å². The van der Waals surface area contributed by atoms with Crippen LogP contribution in [0, 0.1) is 31.6 Å². The lowest BCUT2D eigenvalue weighted by atomic mass is 9.53. The Balaban J connectivity index is 1.36. The number of carbonyl (C=O) groups excluding carboxylic acids is 2. The molecule has 148 valence electrons. The maximum absolute atomic E-state index is 12.5. The number of aliphatic hydroxyl groups excluding tert-OH is 1. The summed E-state index contributed by atoms with van der Waals surface area (Å²) in [4.78, 5) is 27.9. The van der Waals surface area contributed by atoms with Gasteiger partial charge in [-0.2, -0.15) is 0 Å². The van der Waals surface area contributed by atoms with Crippen molar-refractivity contribution in [2.75, 3.05) is 6.61 Å². The molecule has 0 spiro atoms. The highest BCUT2D eigenvalue weighted by molar-refractivity contribution is 5.91. The molecule has 3 N–H and O–H groups in total. The molecule has 1 aromatic rings. The molecule has 1 amide bonds. The largest absolute Gasteiger partial charge is 0.451 e. The van der Waals surface area contributed by atoms with Crippen molar-refractivity contribution in [1.29, 1.82) is 0 Å². The number of aromatic amines is 1. The van der Waals surface area contributed by atoms with Crippen LogP contribution >= 0.6 is 0 Å². The third kappa shape index (κ3) is 3.40. The van der Waals surface area contributed by atoms with Gasteiger partial charge in [0.2, 0.25) is 0 Å². The van der Waals surface area contributed by atoms with Crippen molar-refractivity contribution in [3.05, 3.63) is 22.5 Å². The average Bonchev–Trinajstić information content (AvgIpc) is 2.85. The summed E-state index contributed by atoms with van der Waals surface area (Å²) in [6, 6.07) is 0. The molecule has 0 unspecified atom stereocenters. The van der Waals surface area contributed by atoms with E-state index in [9.17, 15) is 14.7 Å². The molecule has 0 radical (unpaired) electrons. The van der Waals surface area contributed by atoms with Gasteiger partial charge >= 0.3 is 5.97 Å². The zero-order valence-electron chi connectivity index (χ0n) is 16.4. The van der Waals surface area contributed by atoms with Gasteiger partial charge in [-0.1, -0.05) is 0 Å². The maximum atomic E-state index is 12.5. The van der Waals surface area contributed by atoms with Gasteiger partial charge in [0, 0.05) is 16.8 Å². The minimum Gasteiger partial charge on any atom is -0.451 e. The fourth-order valence-electron chi connectivity index (χ4n) is 6.39. The zero-order valence-corrected chi connectivity index (χ0v) is 16.4. The van der Waals surface area contributed by atoms with Crippen LogP contribution in [0.5, 0.6) is 0 Å². The minimum absolute atomic E-state index is 0.0728. The van der Waals surface area contributed by atoms with Crippen molar-refractivity contribution in [3.8, 4) is 0 Å². The van der Waals surface area contributed by atoms with Gasteiger partial charge < -0.3 is 20.1 Å². The lowest BCUT2D eigenvalue weighted by Gasteiger charge is -2.56. The average molecular weight is 374 g/mol. The lowest BCUT2D eigenvalue weighted by molar-refractivity contribution is -0.130. The Kier molecular flexibility index (Phi) is 4.57. The number of rotatable bonds is 5. The van der Waals surface area contributed by atoms with E-state index in [-0.39, 0.29) is 18.1 Å². The SMILES string of the molecule is Cc1[nH]c(C(=O)OCC(=O)NC23CC4CC(CC(C4)C2)C3)c(C)c1[C@H](C)O. The molecule has 1 heterocycles. The Bertz CT molecular complexity index is 729. The van der Waals surface area contributed by atoms with E-state index in [4.69, 9.17) is 4.74 Å². The van der Waals surface area contributed by atoms with Crippen molar-refractivity contribution in [2.24, 2.45) is 17.8 Å². The lowest BCUT2D eigenvalue weighted by Crippen LogP contribution is -2.60. The Morgan fingerprint density at radius 1 is 1.19 bits per heavy atom. The van der Waals surface area contributed by atoms with Crippen LogP contribution in [-0.4, -0.2) is 34.1 Å². The number of aliphatic hydroxyl groups is 1. The number of nitrogens with one attached hydrogen (secondary N) is 2. The first-order valence-corrected chi connectivity index (χ1v) is 10.1. The van der Waals surface area contributed by atoms with Crippen molar-refractivity contribution in [2.45, 2.75) is 70.9 Å². The molecule has 4 fully saturated rings. The predicted octanol–water partition coefficient (Wildman–Crippen LogP) is 2.93. The fourth-order valence-corrected chi connectivity index (χ4v) is 6.39. The van der Waals surface area contributed by atoms with Crippen molar-refractivity contribution >= 4 is 11.9 Å². The highest BCUT2D eigenvalue weighted by Crippen LogP contribution is 2.55. The standard InChI is InChI=1S/C21H30N2O4/c1-11-18(13(3)24)12(2)22-19(11)20(26)27-10-17(25)23-21-7-14-4-15(8-21)6-16(5-14)9-21/h13-16,22,24H,4-10H2,1-3H3,(H,23,25)/t13-,14?,15?,16?,21?/m0/s1. The summed E-state index contributed by atoms with van der Waals surface area (Å²) in [5, 5.41) is 13.1. The second-order valence-corrected chi connectivity index (χ2v) is 9.16. The first kappa shape index (κ1) is 18.5. The zero-order chi connectivity index (χ0) is 19.3. The highest BCUT2D eigenvalue weighted by Gasteiger charge is 2.51. The molecule has 0 aromatic carbocycles. The number of aromatic nitrogens is 1. The second kappa shape index (κ2) is 6.66. The number of esters is 1. The van der Waals surface area contributed by atoms with Crippen LogP contribution in [0.1, 0.15) is 78.9 Å². The first-order valence-electron chi connectivity index (χ1n) is 10.1. The molecule has 4 aliphatic carbocycles. The van der Waals surface area contributed by atoms with Gasteiger partial charge in [0.1, 0.15) is 5.69 Å². The van der Waals surface area contributed by atoms with Gasteiger partial charge in [-0.3, -0.25) is 4.79 Å². The molecule has 27 heavy (non-hydrogen) atoms. The number of H-pyrrole nitrogens is 1. The molecule has 5 rings (SSSR count). The van der Waals surface area contributed by atoms with Gasteiger partial charge in [0.15, 0.2) is 6.61 Å². The highest BCUT2D eigenvalue weighted by atomic mass is 16.5. The molecule has 4 saturated carbocycles. The van der Waals surface area contributed by atoms with Crippen molar-refractivity contribution in [3.63, 3.8) is 0 Å². The second-order valence-electron chi connectivity index (χ2n) is 9.16. The summed E-state index contributed by atoms with van der Waals surface area (Å²) in [6.07, 6.45) is 6.52. The predicted molar refractivity (Wildman–Crippen MR) is 100 cm³/mol. The molecule has 1 atom stereocenters. The smallest absolute Gasteiger partial charge is 0.355 e. The molecule has 6 nitrogen and oxygen atoms in total. The number of aryl methyl sites for hydroxylation is 1. The molecule has 4 bridgehead atoms. The van der Waals surface area contributed by atoms with E-state index in [1.165, 1.54) is 19.3 Å². The quantitative estimate of drug-likeness (QED) is 0.691. The van der Waals surface area contributed by atoms with Crippen LogP contribution in [0.2, 0.25) is 0 Å². The van der Waals surface area contributed by atoms with E-state index in [2.05, 4.69) is 10.3 Å². The van der Waals surface area contributed by atoms with E-state index in [0.717, 1.165) is 42.7 Å². The van der Waals surface area contributed by atoms with Gasteiger partial charge in [-0.05, 0) is 82.6 Å². The monoisotopic (exact) mass is 374 g/mol. The Labute approximate surface area is 160 Å². The van der Waals surface area contributed by atoms with Crippen LogP contribution in [0.3, 0.4) is 0 Å². The first-order chi connectivity index (χ1) is 12.8. The summed E-state index contributed by atoms with van der Waals surface area (Å²) in [5.41, 5.74) is 2.36. The number of ether oxygens (including phenoxy) is 1. The normalized spacial score (nSPS) is 32.4. The summed E-state index contributed by atoms with van der Waals surface area (Å²) < 4.78 is 5.27. The van der Waals surface area contributed by atoms with E-state index in [0.29, 0.717) is 16.8 Å². The van der Waals surface area contributed by atoms with Gasteiger partial charge in [-0.25, -0.2) is 4.79 Å². The van der Waals surface area contributed by atoms with Crippen LogP contribution in [0.25, 0.3) is 0 Å². The van der Waals surface area contributed by atoms with Gasteiger partial charge in [0.05, 0.1) is 6.10 Å². The molecule has 4 aliphatic rings. The van der Waals surface area contributed by atoms with E-state index in [1.807, 2.05) is 6.92 Å². The number of carbonyl (C=O) groups is 2. The van der Waals surface area contributed by atoms with E-state index < -0.39 is 12.1 Å². The topological polar surface area (TPSA) is 91.4 Å². The summed E-state index contributed by atoms with van der Waals surface area (Å²) in [5.74, 6) is 1.50. The molecular formula is C21H30N2O4. The van der Waals surface area contributed by atoms with Crippen LogP contribution < -0.4 is 5.32 Å². The van der Waals surface area contributed by atoms with Crippen molar-refractivity contribution < 1.29 is 19.4 Å². The Morgan fingerprint density at radius 3 is 2.22 bits per heavy atom. The fraction of sp³-hybridized carbons (Fsp3) is 0.714. The maximum Gasteiger partial charge on any atom is 0.355 e. The third-order valence-electron chi connectivity index (χ3n) is 6.89. The minimum atomic E-state index is -0.665. The molecule has 6 heteroatoms. The molecule has 0 aliphatic heterocycles. The third-order valence-corrected chi connectivity index (χ3v) is 6.89. The van der Waals surface area contributed by atoms with E-state index >= 15 is 0 Å². The molecular weight excluding hydrogens is 344 g/mol. The molecule has 1 aromatic heterocycles. The van der Waals surface area contributed by atoms with Crippen LogP contribution in [0.15, 0.2) is 0 Å². The number of hydrogen-bond acceptors (Lipinski definition) is 4. The van der Waals surface area contributed by atoms with Crippen LogP contribution in [0.4, 0.5) is 0 Å². The molecule has 0 saturated heterocycles. The Hall–Kier alpha value is -1.82. The summed E-state index contributed by atoms with van der Waals surface area (Å²) >= 11 is 0. The Morgan fingerprint density at radius 2 is 1.74 bits per heavy atom.